The van der Waals surface area contributed by atoms with Crippen molar-refractivity contribution in [3.05, 3.63) is 34.4 Å². The Kier molecular flexibility index (Phi) is 4.73. The number of hydrogen-bond donors (Lipinski definition) is 2. The smallest absolute Gasteiger partial charge is 0.407 e. The Morgan fingerprint density at radius 1 is 1.32 bits per heavy atom. The first-order valence-corrected chi connectivity index (χ1v) is 8.74. The van der Waals surface area contributed by atoms with Crippen LogP contribution in [-0.4, -0.2) is 36.8 Å². The van der Waals surface area contributed by atoms with Gasteiger partial charge in [-0.25, -0.2) is 9.59 Å². The maximum Gasteiger partial charge on any atom is 0.407 e. The Hall–Kier alpha value is -2.08. The molecule has 0 aliphatic carbocycles. The van der Waals surface area contributed by atoms with Crippen molar-refractivity contribution < 1.29 is 19.1 Å². The molecule has 2 atom stereocenters. The number of cyclic esters (lactones) is 1. The molecule has 2 N–H and O–H groups in total. The van der Waals surface area contributed by atoms with Crippen LogP contribution in [0.1, 0.15) is 60.2 Å². The van der Waals surface area contributed by atoms with Gasteiger partial charge in [0.1, 0.15) is 12.2 Å². The van der Waals surface area contributed by atoms with Gasteiger partial charge < -0.3 is 20.1 Å². The molecule has 2 unspecified atom stereocenters. The number of esters is 1. The van der Waals surface area contributed by atoms with Crippen molar-refractivity contribution >= 4 is 12.1 Å². The average Bonchev–Trinajstić information content (AvgIpc) is 2.88. The molecule has 1 aromatic carbocycles. The number of hydrogen-bond acceptors (Lipinski definition) is 5. The van der Waals surface area contributed by atoms with Crippen LogP contribution in [0.5, 0.6) is 0 Å². The van der Waals surface area contributed by atoms with E-state index in [1.165, 1.54) is 5.56 Å². The van der Waals surface area contributed by atoms with Crippen LogP contribution < -0.4 is 10.6 Å². The highest BCUT2D eigenvalue weighted by Crippen LogP contribution is 2.32. The third-order valence-corrected chi connectivity index (χ3v) is 4.72. The second-order valence-electron chi connectivity index (χ2n) is 7.82. The summed E-state index contributed by atoms with van der Waals surface area (Å²) in [4.78, 5) is 23.7. The van der Waals surface area contributed by atoms with Crippen LogP contribution in [0.2, 0.25) is 0 Å². The number of carbonyl (C=O) groups excluding carboxylic acids is 2. The largest absolute Gasteiger partial charge is 0.457 e. The Morgan fingerprint density at radius 3 is 2.80 bits per heavy atom. The maximum absolute atomic E-state index is 12.0. The lowest BCUT2D eigenvalue weighted by Gasteiger charge is -2.32. The lowest BCUT2D eigenvalue weighted by molar-refractivity contribution is 0.0492. The van der Waals surface area contributed by atoms with E-state index in [4.69, 9.17) is 9.47 Å². The number of alkyl carbamates (subject to hydrolysis) is 1. The van der Waals surface area contributed by atoms with Gasteiger partial charge in [-0.05, 0) is 57.2 Å². The molecule has 0 aromatic heterocycles. The minimum absolute atomic E-state index is 0.0131. The van der Waals surface area contributed by atoms with Gasteiger partial charge in [-0.15, -0.1) is 0 Å². The Labute approximate surface area is 148 Å². The Balaban J connectivity index is 1.70. The number of carbonyl (C=O) groups is 2. The highest BCUT2D eigenvalue weighted by molar-refractivity contribution is 5.94. The SMILES string of the molecule is Cc1c(C2CNCC(NC(=O)OC(C)(C)C)C2)ccc2c1COC2=O. The van der Waals surface area contributed by atoms with Crippen LogP contribution in [-0.2, 0) is 16.1 Å². The van der Waals surface area contributed by atoms with Crippen molar-refractivity contribution in [2.45, 2.75) is 58.3 Å². The van der Waals surface area contributed by atoms with Gasteiger partial charge >= 0.3 is 12.1 Å². The number of amides is 1. The third-order valence-electron chi connectivity index (χ3n) is 4.72. The maximum atomic E-state index is 12.0. The predicted octanol–water partition coefficient (Wildman–Crippen LogP) is 2.64. The summed E-state index contributed by atoms with van der Waals surface area (Å²) in [6, 6.07) is 3.89. The molecule has 25 heavy (non-hydrogen) atoms. The van der Waals surface area contributed by atoms with E-state index in [0.29, 0.717) is 12.2 Å². The minimum Gasteiger partial charge on any atom is -0.457 e. The van der Waals surface area contributed by atoms with E-state index in [2.05, 4.69) is 10.6 Å². The normalized spacial score (nSPS) is 23.0. The average molecular weight is 346 g/mol. The molecule has 0 radical (unpaired) electrons. The zero-order valence-electron chi connectivity index (χ0n) is 15.3. The molecule has 1 saturated heterocycles. The summed E-state index contributed by atoms with van der Waals surface area (Å²) in [6.45, 7) is 9.53. The van der Waals surface area contributed by atoms with E-state index in [-0.39, 0.29) is 24.0 Å². The minimum atomic E-state index is -0.505. The molecule has 3 rings (SSSR count). The molecule has 136 valence electrons. The van der Waals surface area contributed by atoms with Crippen LogP contribution in [0.4, 0.5) is 4.79 Å². The molecule has 0 spiro atoms. The monoisotopic (exact) mass is 346 g/mol. The highest BCUT2D eigenvalue weighted by atomic mass is 16.6. The molecular weight excluding hydrogens is 320 g/mol. The zero-order chi connectivity index (χ0) is 18.2. The fourth-order valence-electron chi connectivity index (χ4n) is 3.57. The molecule has 1 fully saturated rings. The first kappa shape index (κ1) is 17.7. The molecule has 1 aromatic rings. The van der Waals surface area contributed by atoms with Crippen molar-refractivity contribution in [2.24, 2.45) is 0 Å². The molecule has 2 aliphatic heterocycles. The summed E-state index contributed by atoms with van der Waals surface area (Å²) in [5.74, 6) is 0.0329. The Bertz CT molecular complexity index is 693. The Morgan fingerprint density at radius 2 is 2.08 bits per heavy atom. The number of benzene rings is 1. The van der Waals surface area contributed by atoms with Gasteiger partial charge in [0.05, 0.1) is 5.56 Å². The zero-order valence-corrected chi connectivity index (χ0v) is 15.3. The predicted molar refractivity (Wildman–Crippen MR) is 93.7 cm³/mol. The first-order chi connectivity index (χ1) is 11.7. The van der Waals surface area contributed by atoms with Crippen LogP contribution in [0.3, 0.4) is 0 Å². The highest BCUT2D eigenvalue weighted by Gasteiger charge is 2.30. The van der Waals surface area contributed by atoms with E-state index in [9.17, 15) is 9.59 Å². The van der Waals surface area contributed by atoms with Gasteiger partial charge in [0, 0.05) is 24.7 Å². The number of piperidine rings is 1. The fourth-order valence-corrected chi connectivity index (χ4v) is 3.57. The summed E-state index contributed by atoms with van der Waals surface area (Å²) in [5, 5.41) is 6.34. The molecule has 1 amide bonds. The number of rotatable bonds is 2. The van der Waals surface area contributed by atoms with Gasteiger partial charge in [-0.3, -0.25) is 0 Å². The van der Waals surface area contributed by atoms with Crippen LogP contribution >= 0.6 is 0 Å². The van der Waals surface area contributed by atoms with Crippen LogP contribution in [0.15, 0.2) is 12.1 Å². The summed E-state index contributed by atoms with van der Waals surface area (Å²) >= 11 is 0. The van der Waals surface area contributed by atoms with Crippen molar-refractivity contribution in [2.75, 3.05) is 13.1 Å². The summed E-state index contributed by atoms with van der Waals surface area (Å²) in [5.41, 5.74) is 3.49. The molecule has 2 aliphatic rings. The van der Waals surface area contributed by atoms with Gasteiger partial charge in [-0.1, -0.05) is 6.07 Å². The van der Waals surface area contributed by atoms with Crippen molar-refractivity contribution in [1.29, 1.82) is 0 Å². The molecule has 2 heterocycles. The van der Waals surface area contributed by atoms with E-state index in [0.717, 1.165) is 30.6 Å². The number of fused-ring (bicyclic) bond motifs is 1. The lowest BCUT2D eigenvalue weighted by atomic mass is 9.84. The fraction of sp³-hybridized carbons (Fsp3) is 0.579. The second kappa shape index (κ2) is 6.67. The van der Waals surface area contributed by atoms with E-state index in [1.54, 1.807) is 0 Å². The van der Waals surface area contributed by atoms with Crippen molar-refractivity contribution in [3.63, 3.8) is 0 Å². The van der Waals surface area contributed by atoms with Gasteiger partial charge in [0.25, 0.3) is 0 Å². The van der Waals surface area contributed by atoms with Crippen LogP contribution in [0.25, 0.3) is 0 Å². The van der Waals surface area contributed by atoms with Crippen molar-refractivity contribution in [3.8, 4) is 0 Å². The van der Waals surface area contributed by atoms with E-state index in [1.807, 2.05) is 39.8 Å². The molecule has 0 bridgehead atoms. The van der Waals surface area contributed by atoms with E-state index >= 15 is 0 Å². The van der Waals surface area contributed by atoms with Gasteiger partial charge in [0.2, 0.25) is 0 Å². The molecule has 6 nitrogen and oxygen atoms in total. The first-order valence-electron chi connectivity index (χ1n) is 8.74. The summed E-state index contributed by atoms with van der Waals surface area (Å²) in [7, 11) is 0. The second-order valence-corrected chi connectivity index (χ2v) is 7.82. The van der Waals surface area contributed by atoms with Crippen LogP contribution in [0, 0.1) is 6.92 Å². The van der Waals surface area contributed by atoms with Gasteiger partial charge in [0.15, 0.2) is 0 Å². The molecular formula is C19H26N2O4. The van der Waals surface area contributed by atoms with E-state index < -0.39 is 5.60 Å². The quantitative estimate of drug-likeness (QED) is 0.805. The third kappa shape index (κ3) is 3.95. The lowest BCUT2D eigenvalue weighted by Crippen LogP contribution is -2.49. The number of nitrogens with one attached hydrogen (secondary N) is 2. The molecule has 6 heteroatoms. The summed E-state index contributed by atoms with van der Waals surface area (Å²) in [6.07, 6.45) is 0.449. The molecule has 0 saturated carbocycles. The number of ether oxygens (including phenoxy) is 2. The van der Waals surface area contributed by atoms with Crippen molar-refractivity contribution in [1.82, 2.24) is 10.6 Å². The topological polar surface area (TPSA) is 76.7 Å². The standard InChI is InChI=1S/C19H26N2O4/c1-11-14(5-6-15-16(11)10-24-17(15)22)12-7-13(9-20-8-12)21-18(23)25-19(2,3)4/h5-6,12-13,20H,7-10H2,1-4H3,(H,21,23). The van der Waals surface area contributed by atoms with Gasteiger partial charge in [-0.2, -0.15) is 0 Å². The summed E-state index contributed by atoms with van der Waals surface area (Å²) < 4.78 is 10.5.